The number of ether oxygens (including phenoxy) is 1. The summed E-state index contributed by atoms with van der Waals surface area (Å²) in [6.45, 7) is 4.69. The topological polar surface area (TPSA) is 25.4 Å². The zero-order valence-electron chi connectivity index (χ0n) is 12.5. The van der Waals surface area contributed by atoms with Gasteiger partial charge in [0, 0.05) is 12.7 Å². The average molecular weight is 310 g/mol. The molecular formula is C18H18N2OS. The third-order valence-electron chi connectivity index (χ3n) is 4.32. The van der Waals surface area contributed by atoms with E-state index in [1.807, 2.05) is 12.3 Å². The van der Waals surface area contributed by atoms with Crippen LogP contribution in [0.4, 0.5) is 5.69 Å². The number of hydrogen-bond donors (Lipinski definition) is 0. The van der Waals surface area contributed by atoms with Crippen LogP contribution in [0.3, 0.4) is 0 Å². The van der Waals surface area contributed by atoms with Crippen LogP contribution in [0, 0.1) is 0 Å². The van der Waals surface area contributed by atoms with Crippen LogP contribution in [0.2, 0.25) is 0 Å². The van der Waals surface area contributed by atoms with Gasteiger partial charge < -0.3 is 9.64 Å². The van der Waals surface area contributed by atoms with E-state index in [1.165, 1.54) is 16.0 Å². The van der Waals surface area contributed by atoms with Gasteiger partial charge in [0.25, 0.3) is 0 Å². The number of aromatic nitrogens is 1. The summed E-state index contributed by atoms with van der Waals surface area (Å²) >= 11 is 1.76. The highest BCUT2D eigenvalue weighted by Gasteiger charge is 2.34. The van der Waals surface area contributed by atoms with Gasteiger partial charge in [-0.15, -0.1) is 11.3 Å². The van der Waals surface area contributed by atoms with Gasteiger partial charge in [-0.25, -0.2) is 0 Å². The summed E-state index contributed by atoms with van der Waals surface area (Å²) in [6.07, 6.45) is 1.90. The molecule has 1 saturated heterocycles. The second-order valence-electron chi connectivity index (χ2n) is 5.83. The van der Waals surface area contributed by atoms with E-state index in [0.717, 1.165) is 25.2 Å². The van der Waals surface area contributed by atoms with Gasteiger partial charge in [0.1, 0.15) is 5.60 Å². The monoisotopic (exact) mass is 310 g/mol. The zero-order chi connectivity index (χ0) is 15.0. The minimum Gasteiger partial charge on any atom is -0.367 e. The molecular weight excluding hydrogens is 292 g/mol. The average Bonchev–Trinajstić information content (AvgIpc) is 3.04. The lowest BCUT2D eigenvalue weighted by Crippen LogP contribution is -2.48. The molecule has 1 atom stereocenters. The maximum absolute atomic E-state index is 6.14. The minimum atomic E-state index is -0.271. The van der Waals surface area contributed by atoms with Crippen molar-refractivity contribution < 1.29 is 4.74 Å². The second kappa shape index (κ2) is 5.38. The molecule has 1 aromatic carbocycles. The number of benzene rings is 1. The summed E-state index contributed by atoms with van der Waals surface area (Å²) in [7, 11) is 0. The van der Waals surface area contributed by atoms with Gasteiger partial charge in [0.15, 0.2) is 0 Å². The normalized spacial score (nSPS) is 22.1. The fourth-order valence-corrected chi connectivity index (χ4v) is 4.04. The smallest absolute Gasteiger partial charge is 0.108 e. The van der Waals surface area contributed by atoms with Crippen LogP contribution in [0.25, 0.3) is 10.2 Å². The number of hydrogen-bond acceptors (Lipinski definition) is 4. The summed E-state index contributed by atoms with van der Waals surface area (Å²) in [5, 5.41) is 2.11. The fraction of sp³-hybridized carbons (Fsp3) is 0.278. The Morgan fingerprint density at radius 3 is 2.91 bits per heavy atom. The highest BCUT2D eigenvalue weighted by Crippen LogP contribution is 2.35. The van der Waals surface area contributed by atoms with Crippen molar-refractivity contribution in [2.45, 2.75) is 12.5 Å². The minimum absolute atomic E-state index is 0.271. The van der Waals surface area contributed by atoms with Gasteiger partial charge in [0.05, 0.1) is 29.1 Å². The van der Waals surface area contributed by atoms with Crippen LogP contribution in [-0.4, -0.2) is 24.7 Å². The van der Waals surface area contributed by atoms with Crippen LogP contribution >= 0.6 is 11.3 Å². The largest absolute Gasteiger partial charge is 0.367 e. The van der Waals surface area contributed by atoms with E-state index in [4.69, 9.17) is 4.74 Å². The third-order valence-corrected chi connectivity index (χ3v) is 5.25. The Labute approximate surface area is 134 Å². The highest BCUT2D eigenvalue weighted by atomic mass is 32.1. The molecule has 3 aromatic rings. The molecule has 0 spiro atoms. The van der Waals surface area contributed by atoms with Crippen molar-refractivity contribution in [3.63, 3.8) is 0 Å². The molecule has 1 aliphatic heterocycles. The van der Waals surface area contributed by atoms with Gasteiger partial charge in [-0.3, -0.25) is 4.98 Å². The Morgan fingerprint density at radius 2 is 2.05 bits per heavy atom. The van der Waals surface area contributed by atoms with E-state index >= 15 is 0 Å². The Kier molecular flexibility index (Phi) is 3.36. The van der Waals surface area contributed by atoms with Crippen LogP contribution in [0.15, 0.2) is 54.0 Å². The molecule has 3 heterocycles. The Balaban J connectivity index is 1.71. The van der Waals surface area contributed by atoms with Gasteiger partial charge in [-0.05, 0) is 30.0 Å². The number of morpholine rings is 1. The summed E-state index contributed by atoms with van der Waals surface area (Å²) in [5.74, 6) is 0. The maximum atomic E-state index is 6.14. The summed E-state index contributed by atoms with van der Waals surface area (Å²) < 4.78 is 7.41. The van der Waals surface area contributed by atoms with E-state index in [0.29, 0.717) is 0 Å². The predicted octanol–water partition coefficient (Wildman–Crippen LogP) is 4.05. The summed E-state index contributed by atoms with van der Waals surface area (Å²) in [4.78, 5) is 6.87. The molecule has 1 unspecified atom stereocenters. The second-order valence-corrected chi connectivity index (χ2v) is 6.75. The molecule has 1 aliphatic rings. The maximum Gasteiger partial charge on any atom is 0.108 e. The molecule has 4 heteroatoms. The first-order valence-electron chi connectivity index (χ1n) is 7.53. The lowest BCUT2D eigenvalue weighted by molar-refractivity contribution is -0.0465. The van der Waals surface area contributed by atoms with Crippen molar-refractivity contribution in [1.82, 2.24) is 4.98 Å². The quantitative estimate of drug-likeness (QED) is 0.714. The standard InChI is InChI=1S/C18H18N2OS/c1-18(14-5-3-2-4-6-14)13-20(10-11-21-18)16-7-9-19-15-8-12-22-17(15)16/h2-9,12H,10-11,13H2,1H3. The highest BCUT2D eigenvalue weighted by molar-refractivity contribution is 7.17. The molecule has 112 valence electrons. The van der Waals surface area contributed by atoms with E-state index in [2.05, 4.69) is 58.6 Å². The fourth-order valence-electron chi connectivity index (χ4n) is 3.15. The molecule has 0 saturated carbocycles. The third kappa shape index (κ3) is 2.28. The zero-order valence-corrected chi connectivity index (χ0v) is 13.3. The Hall–Kier alpha value is -1.91. The number of rotatable bonds is 2. The van der Waals surface area contributed by atoms with Crippen molar-refractivity contribution >= 4 is 27.2 Å². The van der Waals surface area contributed by atoms with Gasteiger partial charge >= 0.3 is 0 Å². The van der Waals surface area contributed by atoms with Crippen molar-refractivity contribution in [2.75, 3.05) is 24.6 Å². The molecule has 4 rings (SSSR count). The van der Waals surface area contributed by atoms with Crippen LogP contribution in [0.5, 0.6) is 0 Å². The molecule has 0 bridgehead atoms. The van der Waals surface area contributed by atoms with E-state index < -0.39 is 0 Å². The van der Waals surface area contributed by atoms with Crippen LogP contribution in [-0.2, 0) is 10.3 Å². The van der Waals surface area contributed by atoms with Crippen molar-refractivity contribution in [1.29, 1.82) is 0 Å². The molecule has 22 heavy (non-hydrogen) atoms. The SMILES string of the molecule is CC1(c2ccccc2)CN(c2ccnc3ccsc23)CCO1. The Morgan fingerprint density at radius 1 is 1.18 bits per heavy atom. The number of pyridine rings is 1. The molecule has 0 amide bonds. The number of anilines is 1. The molecule has 0 N–H and O–H groups in total. The molecule has 3 nitrogen and oxygen atoms in total. The molecule has 0 aliphatic carbocycles. The van der Waals surface area contributed by atoms with Crippen LogP contribution < -0.4 is 4.90 Å². The van der Waals surface area contributed by atoms with Crippen LogP contribution in [0.1, 0.15) is 12.5 Å². The van der Waals surface area contributed by atoms with E-state index in [-0.39, 0.29) is 5.60 Å². The Bertz CT molecular complexity index is 786. The number of thiophene rings is 1. The lowest BCUT2D eigenvalue weighted by atomic mass is 9.93. The van der Waals surface area contributed by atoms with Gasteiger partial charge in [0.2, 0.25) is 0 Å². The first-order valence-corrected chi connectivity index (χ1v) is 8.41. The summed E-state index contributed by atoms with van der Waals surface area (Å²) in [5.41, 5.74) is 3.31. The number of nitrogens with zero attached hydrogens (tertiary/aromatic N) is 2. The number of fused-ring (bicyclic) bond motifs is 1. The van der Waals surface area contributed by atoms with Crippen molar-refractivity contribution in [3.05, 3.63) is 59.6 Å². The van der Waals surface area contributed by atoms with Gasteiger partial charge in [-0.2, -0.15) is 0 Å². The first-order chi connectivity index (χ1) is 10.8. The first kappa shape index (κ1) is 13.7. The predicted molar refractivity (Wildman–Crippen MR) is 91.6 cm³/mol. The summed E-state index contributed by atoms with van der Waals surface area (Å²) in [6, 6.07) is 14.7. The van der Waals surface area contributed by atoms with Gasteiger partial charge in [-0.1, -0.05) is 30.3 Å². The van der Waals surface area contributed by atoms with Crippen molar-refractivity contribution in [3.8, 4) is 0 Å². The van der Waals surface area contributed by atoms with Crippen molar-refractivity contribution in [2.24, 2.45) is 0 Å². The molecule has 2 aromatic heterocycles. The lowest BCUT2D eigenvalue weighted by Gasteiger charge is -2.42. The molecule has 1 fully saturated rings. The molecule has 0 radical (unpaired) electrons. The van der Waals surface area contributed by atoms with E-state index in [1.54, 1.807) is 11.3 Å². The van der Waals surface area contributed by atoms with E-state index in [9.17, 15) is 0 Å².